The minimum absolute atomic E-state index is 0. The molecule has 7 nitrogen and oxygen atoms in total. The second-order valence-corrected chi connectivity index (χ2v) is 5.39. The molecule has 0 atom stereocenters. The largest absolute Gasteiger partial charge is 0.450 e. The molecule has 0 aromatic rings. The average Bonchev–Trinajstić information content (AvgIpc) is 2.50. The van der Waals surface area contributed by atoms with E-state index in [2.05, 4.69) is 15.0 Å². The van der Waals surface area contributed by atoms with Crippen molar-refractivity contribution >= 4 is 36.0 Å². The number of hydrogen-bond acceptors (Lipinski definition) is 4. The Morgan fingerprint density at radius 3 is 2.56 bits per heavy atom. The molecule has 11 heteroatoms. The van der Waals surface area contributed by atoms with Crippen molar-refractivity contribution in [3.8, 4) is 0 Å². The van der Waals surface area contributed by atoms with E-state index < -0.39 is 12.8 Å². The number of amides is 1. The molecule has 0 radical (unpaired) electrons. The molecule has 0 aromatic carbocycles. The number of alkyl halides is 3. The molecule has 1 amide bonds. The molecule has 1 heterocycles. The molecule has 1 aliphatic rings. The van der Waals surface area contributed by atoms with Crippen molar-refractivity contribution < 1.29 is 27.4 Å². The number of aliphatic imine (C=N–C) groups is 1. The van der Waals surface area contributed by atoms with Gasteiger partial charge in [-0.3, -0.25) is 4.99 Å². The van der Waals surface area contributed by atoms with Gasteiger partial charge in [0.05, 0.1) is 6.61 Å². The number of guanidine groups is 1. The first-order valence-corrected chi connectivity index (χ1v) is 7.94. The third-order valence-electron chi connectivity index (χ3n) is 3.37. The Balaban J connectivity index is 0.00000576. The summed E-state index contributed by atoms with van der Waals surface area (Å²) < 4.78 is 45.0. The maximum absolute atomic E-state index is 11.9. The highest BCUT2D eigenvalue weighted by Gasteiger charge is 2.27. The van der Waals surface area contributed by atoms with E-state index in [1.165, 1.54) is 0 Å². The number of nitrogens with two attached hydrogens (primary N) is 1. The molecule has 25 heavy (non-hydrogen) atoms. The maximum Gasteiger partial charge on any atom is 0.411 e. The third kappa shape index (κ3) is 11.3. The number of halogens is 4. The van der Waals surface area contributed by atoms with Gasteiger partial charge in [0.15, 0.2) is 5.96 Å². The minimum atomic E-state index is -4.30. The number of rotatable bonds is 7. The van der Waals surface area contributed by atoms with Gasteiger partial charge in [-0.05, 0) is 26.2 Å². The molecule has 0 saturated carbocycles. The van der Waals surface area contributed by atoms with Crippen molar-refractivity contribution in [2.45, 2.75) is 38.4 Å². The predicted octanol–water partition coefficient (Wildman–Crippen LogP) is 2.10. The number of nitrogens with zero attached hydrogens (tertiary/aromatic N) is 2. The fourth-order valence-electron chi connectivity index (χ4n) is 2.23. The van der Waals surface area contributed by atoms with Crippen LogP contribution in [0.2, 0.25) is 0 Å². The van der Waals surface area contributed by atoms with Crippen molar-refractivity contribution in [2.24, 2.45) is 10.7 Å². The number of carbonyl (C=O) groups is 1. The van der Waals surface area contributed by atoms with Crippen LogP contribution in [0.3, 0.4) is 0 Å². The van der Waals surface area contributed by atoms with Gasteiger partial charge in [-0.15, -0.1) is 24.0 Å². The molecule has 1 fully saturated rings. The van der Waals surface area contributed by atoms with Crippen LogP contribution >= 0.6 is 24.0 Å². The van der Waals surface area contributed by atoms with E-state index in [0.29, 0.717) is 32.7 Å². The highest BCUT2D eigenvalue weighted by atomic mass is 127. The summed E-state index contributed by atoms with van der Waals surface area (Å²) >= 11 is 0. The van der Waals surface area contributed by atoms with Gasteiger partial charge in [0, 0.05) is 32.3 Å². The Morgan fingerprint density at radius 2 is 2.00 bits per heavy atom. The van der Waals surface area contributed by atoms with Gasteiger partial charge >= 0.3 is 12.3 Å². The maximum atomic E-state index is 11.9. The monoisotopic (exact) mass is 482 g/mol. The Labute approximate surface area is 162 Å². The lowest BCUT2D eigenvalue weighted by atomic mass is 10.1. The van der Waals surface area contributed by atoms with Crippen LogP contribution in [0.1, 0.15) is 26.2 Å². The topological polar surface area (TPSA) is 89.2 Å². The van der Waals surface area contributed by atoms with Crippen LogP contribution in [0.5, 0.6) is 0 Å². The minimum Gasteiger partial charge on any atom is -0.450 e. The molecule has 0 aromatic heterocycles. The van der Waals surface area contributed by atoms with Crippen molar-refractivity contribution in [1.29, 1.82) is 0 Å². The second kappa shape index (κ2) is 12.4. The number of ether oxygens (including phenoxy) is 2. The summed E-state index contributed by atoms with van der Waals surface area (Å²) in [6.07, 6.45) is -2.80. The van der Waals surface area contributed by atoms with E-state index in [-0.39, 0.29) is 48.7 Å². The number of hydrogen-bond donors (Lipinski definition) is 2. The quantitative estimate of drug-likeness (QED) is 0.251. The van der Waals surface area contributed by atoms with Crippen LogP contribution in [0, 0.1) is 0 Å². The molecule has 3 N–H and O–H groups in total. The standard InChI is InChI=1S/C14H25F3N4O3.HI/c1-2-24-13(22)21-7-4-11(5-8-21)20-12(18)19-6-3-9-23-10-14(15,16)17;/h11H,2-10H2,1H3,(H3,18,19,20);1H. The highest BCUT2D eigenvalue weighted by molar-refractivity contribution is 14.0. The Morgan fingerprint density at radius 1 is 1.36 bits per heavy atom. The van der Waals surface area contributed by atoms with E-state index in [9.17, 15) is 18.0 Å². The summed E-state index contributed by atoms with van der Waals surface area (Å²) in [5.74, 6) is 0.250. The molecule has 0 aliphatic carbocycles. The van der Waals surface area contributed by atoms with Gasteiger partial charge < -0.3 is 25.4 Å². The van der Waals surface area contributed by atoms with E-state index in [0.717, 1.165) is 12.8 Å². The second-order valence-electron chi connectivity index (χ2n) is 5.39. The first-order valence-electron chi connectivity index (χ1n) is 7.94. The first-order chi connectivity index (χ1) is 11.3. The Hall–Kier alpha value is -0.980. The van der Waals surface area contributed by atoms with Crippen LogP contribution in [0.15, 0.2) is 4.99 Å². The third-order valence-corrected chi connectivity index (χ3v) is 3.37. The lowest BCUT2D eigenvalue weighted by Crippen LogP contribution is -2.48. The van der Waals surface area contributed by atoms with Crippen LogP contribution < -0.4 is 11.1 Å². The zero-order valence-electron chi connectivity index (χ0n) is 14.2. The average molecular weight is 482 g/mol. The van der Waals surface area contributed by atoms with Crippen LogP contribution in [0.4, 0.5) is 18.0 Å². The van der Waals surface area contributed by atoms with Crippen molar-refractivity contribution in [3.05, 3.63) is 0 Å². The molecular weight excluding hydrogens is 456 g/mol. The summed E-state index contributed by atoms with van der Waals surface area (Å²) in [5.41, 5.74) is 5.74. The van der Waals surface area contributed by atoms with E-state index in [1.807, 2.05) is 0 Å². The zero-order chi connectivity index (χ0) is 18.0. The van der Waals surface area contributed by atoms with E-state index in [1.54, 1.807) is 11.8 Å². The van der Waals surface area contributed by atoms with E-state index in [4.69, 9.17) is 10.5 Å². The number of likely N-dealkylation sites (tertiary alicyclic amines) is 1. The summed E-state index contributed by atoms with van der Waals surface area (Å²) in [5, 5.41) is 3.05. The van der Waals surface area contributed by atoms with Gasteiger partial charge in [0.1, 0.15) is 6.61 Å². The lowest BCUT2D eigenvalue weighted by Gasteiger charge is -2.31. The van der Waals surface area contributed by atoms with Crippen LogP contribution in [-0.4, -0.2) is 68.6 Å². The first kappa shape index (κ1) is 24.0. The van der Waals surface area contributed by atoms with Crippen molar-refractivity contribution in [2.75, 3.05) is 39.5 Å². The molecule has 1 aliphatic heterocycles. The lowest BCUT2D eigenvalue weighted by molar-refractivity contribution is -0.173. The molecule has 1 saturated heterocycles. The molecular formula is C14H26F3IN4O3. The zero-order valence-corrected chi connectivity index (χ0v) is 16.5. The van der Waals surface area contributed by atoms with Gasteiger partial charge in [0.25, 0.3) is 0 Å². The number of piperidine rings is 1. The smallest absolute Gasteiger partial charge is 0.411 e. The highest BCUT2D eigenvalue weighted by Crippen LogP contribution is 2.14. The SMILES string of the molecule is CCOC(=O)N1CCC(NC(N)=NCCCOCC(F)(F)F)CC1.I. The fraction of sp³-hybridized carbons (Fsp3) is 0.857. The summed E-state index contributed by atoms with van der Waals surface area (Å²) in [6, 6.07) is 0.112. The van der Waals surface area contributed by atoms with Crippen molar-refractivity contribution in [3.63, 3.8) is 0 Å². The molecule has 0 bridgehead atoms. The van der Waals surface area contributed by atoms with Gasteiger partial charge in [-0.2, -0.15) is 13.2 Å². The van der Waals surface area contributed by atoms with Crippen LogP contribution in [0.25, 0.3) is 0 Å². The fourth-order valence-corrected chi connectivity index (χ4v) is 2.23. The van der Waals surface area contributed by atoms with Gasteiger partial charge in [0.2, 0.25) is 0 Å². The molecule has 1 rings (SSSR count). The molecule has 148 valence electrons. The Kier molecular flexibility index (Phi) is 11.9. The summed E-state index contributed by atoms with van der Waals surface area (Å²) in [6.45, 7) is 2.29. The van der Waals surface area contributed by atoms with Crippen LogP contribution in [-0.2, 0) is 9.47 Å². The normalized spacial score (nSPS) is 16.3. The molecule has 0 unspecified atom stereocenters. The summed E-state index contributed by atoms with van der Waals surface area (Å²) in [4.78, 5) is 17.3. The van der Waals surface area contributed by atoms with E-state index >= 15 is 0 Å². The number of carbonyl (C=O) groups excluding carboxylic acids is 1. The van der Waals surface area contributed by atoms with Gasteiger partial charge in [-0.25, -0.2) is 4.79 Å². The van der Waals surface area contributed by atoms with Gasteiger partial charge in [-0.1, -0.05) is 0 Å². The predicted molar refractivity (Wildman–Crippen MR) is 98.1 cm³/mol. The number of nitrogens with one attached hydrogen (secondary N) is 1. The van der Waals surface area contributed by atoms with Crippen molar-refractivity contribution in [1.82, 2.24) is 10.2 Å². The molecule has 0 spiro atoms. The summed E-state index contributed by atoms with van der Waals surface area (Å²) in [7, 11) is 0. The Bertz CT molecular complexity index is 417.